The molecule has 0 amide bonds. The molecule has 11 heavy (non-hydrogen) atoms. The third-order valence-electron chi connectivity index (χ3n) is 2.02. The van der Waals surface area contributed by atoms with Gasteiger partial charge >= 0.3 is 0 Å². The van der Waals surface area contributed by atoms with Crippen molar-refractivity contribution in [2.75, 3.05) is 26.2 Å². The normalized spacial score (nSPS) is 17.3. The molecule has 64 valence electrons. The average Bonchev–Trinajstić information content (AvgIpc) is 2.38. The van der Waals surface area contributed by atoms with Crippen LogP contribution in [0.15, 0.2) is 0 Å². The lowest BCUT2D eigenvalue weighted by Crippen LogP contribution is -2.19. The topological polar surface area (TPSA) is 6.25 Å². The second-order valence-corrected chi connectivity index (χ2v) is 3.19. The van der Waals surface area contributed by atoms with E-state index in [1.165, 1.54) is 39.0 Å². The maximum Gasteiger partial charge on any atom is 0.234 e. The zero-order valence-corrected chi connectivity index (χ0v) is 7.71. The van der Waals surface area contributed by atoms with Crippen LogP contribution in [0.3, 0.4) is 0 Å². The van der Waals surface area contributed by atoms with Crippen LogP contribution in [-0.4, -0.2) is 42.0 Å². The zero-order valence-electron chi connectivity index (χ0n) is 7.71. The second-order valence-electron chi connectivity index (χ2n) is 3.19. The molecule has 0 aromatic rings. The molecule has 1 heterocycles. The molecule has 0 fully saturated rings. The minimum Gasteiger partial charge on any atom is -0.264 e. The van der Waals surface area contributed by atoms with Gasteiger partial charge in [-0.15, -0.1) is 0 Å². The lowest BCUT2D eigenvalue weighted by molar-refractivity contribution is -0.513. The molecule has 1 aliphatic heterocycles. The number of nitrogens with zero attached hydrogens (tertiary/aromatic N) is 2. The Morgan fingerprint density at radius 3 is 2.82 bits per heavy atom. The van der Waals surface area contributed by atoms with Gasteiger partial charge in [0.15, 0.2) is 0 Å². The predicted molar refractivity (Wildman–Crippen MR) is 48.2 cm³/mol. The Kier molecular flexibility index (Phi) is 3.40. The molecule has 0 bridgehead atoms. The van der Waals surface area contributed by atoms with Crippen LogP contribution in [-0.2, 0) is 0 Å². The maximum atomic E-state index is 2.41. The van der Waals surface area contributed by atoms with Crippen LogP contribution in [0.25, 0.3) is 0 Å². The summed E-state index contributed by atoms with van der Waals surface area (Å²) in [6.07, 6.45) is 4.81. The first-order valence-electron chi connectivity index (χ1n) is 4.70. The van der Waals surface area contributed by atoms with Gasteiger partial charge in [-0.3, -0.25) is 9.48 Å². The molecule has 1 aliphatic rings. The summed E-state index contributed by atoms with van der Waals surface area (Å²) in [6, 6.07) is 0. The van der Waals surface area contributed by atoms with Crippen LogP contribution in [0, 0.1) is 0 Å². The molecule has 0 radical (unpaired) electrons. The Morgan fingerprint density at radius 2 is 2.18 bits per heavy atom. The highest BCUT2D eigenvalue weighted by Gasteiger charge is 2.16. The van der Waals surface area contributed by atoms with E-state index in [2.05, 4.69) is 29.7 Å². The number of hydrogen-bond donors (Lipinski definition) is 0. The van der Waals surface area contributed by atoms with Gasteiger partial charge in [0.2, 0.25) is 6.34 Å². The monoisotopic (exact) mass is 155 g/mol. The van der Waals surface area contributed by atoms with Crippen LogP contribution in [0.4, 0.5) is 0 Å². The van der Waals surface area contributed by atoms with Crippen LogP contribution in [0.1, 0.15) is 26.7 Å². The van der Waals surface area contributed by atoms with E-state index in [4.69, 9.17) is 0 Å². The number of hydrogen-bond acceptors (Lipinski definition) is 1. The molecule has 0 saturated carbocycles. The minimum atomic E-state index is 1.22. The standard InChI is InChI=1S/C9H19N2/c1-3-5-10-7-8-11(9-10)6-4-2/h9H,3-8H2,1-2H3/q+1. The van der Waals surface area contributed by atoms with Crippen LogP contribution in [0.5, 0.6) is 0 Å². The van der Waals surface area contributed by atoms with E-state index >= 15 is 0 Å². The molecule has 0 aromatic heterocycles. The molecule has 0 N–H and O–H groups in total. The fraction of sp³-hybridized carbons (Fsp3) is 0.889. The molecular formula is C9H19N2+. The van der Waals surface area contributed by atoms with E-state index in [0.29, 0.717) is 0 Å². The van der Waals surface area contributed by atoms with Crippen molar-refractivity contribution >= 4 is 6.34 Å². The lowest BCUT2D eigenvalue weighted by atomic mass is 10.4. The fourth-order valence-corrected chi connectivity index (χ4v) is 1.52. The van der Waals surface area contributed by atoms with Gasteiger partial charge in [0.05, 0.1) is 13.1 Å². The first kappa shape index (κ1) is 8.57. The Hall–Kier alpha value is -0.530. The van der Waals surface area contributed by atoms with Crippen molar-refractivity contribution in [3.8, 4) is 0 Å². The molecule has 0 aliphatic carbocycles. The molecule has 0 saturated heterocycles. The van der Waals surface area contributed by atoms with Crippen molar-refractivity contribution in [1.82, 2.24) is 4.90 Å². The third kappa shape index (κ3) is 2.52. The van der Waals surface area contributed by atoms with E-state index in [1.807, 2.05) is 0 Å². The Morgan fingerprint density at radius 1 is 1.36 bits per heavy atom. The first-order chi connectivity index (χ1) is 5.36. The van der Waals surface area contributed by atoms with Gasteiger partial charge in [-0.25, -0.2) is 0 Å². The summed E-state index contributed by atoms with van der Waals surface area (Å²) in [4.78, 5) is 2.41. The van der Waals surface area contributed by atoms with Crippen molar-refractivity contribution in [2.24, 2.45) is 0 Å². The molecule has 0 aromatic carbocycles. The quantitative estimate of drug-likeness (QED) is 0.552. The molecule has 0 unspecified atom stereocenters. The van der Waals surface area contributed by atoms with Gasteiger partial charge in [0.25, 0.3) is 0 Å². The molecule has 0 atom stereocenters. The SMILES string of the molecule is CCCN1C=[N+](CCC)CC1. The molecular weight excluding hydrogens is 136 g/mol. The first-order valence-corrected chi connectivity index (χ1v) is 4.70. The van der Waals surface area contributed by atoms with Gasteiger partial charge in [-0.05, 0) is 12.8 Å². The van der Waals surface area contributed by atoms with Crippen LogP contribution < -0.4 is 0 Å². The minimum absolute atomic E-state index is 1.22. The highest BCUT2D eigenvalue weighted by atomic mass is 15.3. The third-order valence-corrected chi connectivity index (χ3v) is 2.02. The van der Waals surface area contributed by atoms with E-state index in [0.717, 1.165) is 0 Å². The summed E-state index contributed by atoms with van der Waals surface area (Å²) in [7, 11) is 0. The van der Waals surface area contributed by atoms with Gasteiger partial charge in [-0.2, -0.15) is 0 Å². The highest BCUT2D eigenvalue weighted by Crippen LogP contribution is 1.95. The van der Waals surface area contributed by atoms with Crippen LogP contribution in [0.2, 0.25) is 0 Å². The second kappa shape index (κ2) is 4.37. The van der Waals surface area contributed by atoms with E-state index in [1.54, 1.807) is 0 Å². The van der Waals surface area contributed by atoms with E-state index in [-0.39, 0.29) is 0 Å². The van der Waals surface area contributed by atoms with Gasteiger partial charge in [0, 0.05) is 0 Å². The summed E-state index contributed by atoms with van der Waals surface area (Å²) in [5.74, 6) is 0. The van der Waals surface area contributed by atoms with E-state index in [9.17, 15) is 0 Å². The highest BCUT2D eigenvalue weighted by molar-refractivity contribution is 5.50. The van der Waals surface area contributed by atoms with Crippen LogP contribution >= 0.6 is 0 Å². The molecule has 0 spiro atoms. The lowest BCUT2D eigenvalue weighted by Gasteiger charge is -2.01. The summed E-state index contributed by atoms with van der Waals surface area (Å²) in [6.45, 7) is 9.37. The Bertz CT molecular complexity index is 140. The predicted octanol–water partition coefficient (Wildman–Crippen LogP) is 1.16. The summed E-state index contributed by atoms with van der Waals surface area (Å²) >= 11 is 0. The van der Waals surface area contributed by atoms with Crippen molar-refractivity contribution in [2.45, 2.75) is 26.7 Å². The molecule has 2 nitrogen and oxygen atoms in total. The van der Waals surface area contributed by atoms with Gasteiger partial charge in [-0.1, -0.05) is 13.8 Å². The maximum absolute atomic E-state index is 2.41. The van der Waals surface area contributed by atoms with Crippen molar-refractivity contribution in [3.63, 3.8) is 0 Å². The summed E-state index contributed by atoms with van der Waals surface area (Å²) < 4.78 is 2.41. The Balaban J connectivity index is 2.28. The molecule has 2 heteroatoms. The van der Waals surface area contributed by atoms with Gasteiger partial charge < -0.3 is 0 Å². The van der Waals surface area contributed by atoms with Crippen molar-refractivity contribution < 1.29 is 4.58 Å². The number of rotatable bonds is 4. The van der Waals surface area contributed by atoms with Crippen molar-refractivity contribution in [3.05, 3.63) is 0 Å². The molecule has 1 rings (SSSR count). The summed E-state index contributed by atoms with van der Waals surface area (Å²) in [5, 5.41) is 0. The van der Waals surface area contributed by atoms with Gasteiger partial charge in [0.1, 0.15) is 13.1 Å². The Labute approximate surface area is 69.5 Å². The van der Waals surface area contributed by atoms with Crippen molar-refractivity contribution in [1.29, 1.82) is 0 Å². The smallest absolute Gasteiger partial charge is 0.234 e. The average molecular weight is 155 g/mol. The largest absolute Gasteiger partial charge is 0.264 e. The van der Waals surface area contributed by atoms with E-state index < -0.39 is 0 Å². The summed E-state index contributed by atoms with van der Waals surface area (Å²) in [5.41, 5.74) is 0. The fourth-order valence-electron chi connectivity index (χ4n) is 1.52. The zero-order chi connectivity index (χ0) is 8.10.